The lowest BCUT2D eigenvalue weighted by atomic mass is 9.38. The van der Waals surface area contributed by atoms with E-state index in [1.54, 1.807) is 0 Å². The van der Waals surface area contributed by atoms with Crippen molar-refractivity contribution < 1.29 is 20.1 Å². The molecule has 180 valence electrons. The van der Waals surface area contributed by atoms with Crippen LogP contribution < -0.4 is 0 Å². The highest BCUT2D eigenvalue weighted by Gasteiger charge is 2.63. The molecule has 3 aliphatic carbocycles. The van der Waals surface area contributed by atoms with Crippen molar-refractivity contribution in [1.29, 1.82) is 0 Å². The first-order valence-corrected chi connectivity index (χ1v) is 13.0. The quantitative estimate of drug-likeness (QED) is 0.361. The van der Waals surface area contributed by atoms with Crippen LogP contribution in [0.1, 0.15) is 91.9 Å². The van der Waals surface area contributed by atoms with Crippen LogP contribution in [-0.4, -0.2) is 33.5 Å². The molecule has 0 radical (unpaired) electrons. The van der Waals surface area contributed by atoms with Crippen LogP contribution in [0.2, 0.25) is 0 Å². The summed E-state index contributed by atoms with van der Waals surface area (Å²) in [6.45, 7) is 9.00. The number of carboxylic acids is 1. The molecule has 0 spiro atoms. The van der Waals surface area contributed by atoms with Crippen molar-refractivity contribution >= 4 is 5.97 Å². The van der Waals surface area contributed by atoms with Crippen molar-refractivity contribution in [1.82, 2.24) is 0 Å². The van der Waals surface area contributed by atoms with Crippen molar-refractivity contribution in [3.05, 3.63) is 11.6 Å². The van der Waals surface area contributed by atoms with Crippen molar-refractivity contribution in [2.24, 2.45) is 40.9 Å². The molecule has 0 bridgehead atoms. The van der Waals surface area contributed by atoms with Crippen molar-refractivity contribution in [2.75, 3.05) is 0 Å². The monoisotopic (exact) mass is 444 g/mol. The lowest BCUT2D eigenvalue weighted by Gasteiger charge is -2.66. The Labute approximate surface area is 194 Å². The van der Waals surface area contributed by atoms with Crippen LogP contribution in [0.4, 0.5) is 0 Å². The summed E-state index contributed by atoms with van der Waals surface area (Å²) in [6, 6.07) is 0. The summed E-state index contributed by atoms with van der Waals surface area (Å²) in [4.78, 5) is 11.1. The molecular formula is C28H44O4. The fourth-order valence-corrected chi connectivity index (χ4v) is 7.10. The average molecular weight is 445 g/mol. The van der Waals surface area contributed by atoms with E-state index in [0.29, 0.717) is 24.2 Å². The van der Waals surface area contributed by atoms with E-state index in [0.717, 1.165) is 32.1 Å². The van der Waals surface area contributed by atoms with Crippen molar-refractivity contribution in [3.8, 4) is 11.8 Å². The number of carbonyl (C=O) groups is 1. The van der Waals surface area contributed by atoms with Crippen LogP contribution in [-0.2, 0) is 4.79 Å². The summed E-state index contributed by atoms with van der Waals surface area (Å²) in [5.74, 6) is 7.54. The predicted octanol–water partition coefficient (Wildman–Crippen LogP) is 5.43. The summed E-state index contributed by atoms with van der Waals surface area (Å²) in [5.41, 5.74) is 1.41. The zero-order chi connectivity index (χ0) is 23.5. The van der Waals surface area contributed by atoms with Gasteiger partial charge in [-0.3, -0.25) is 4.79 Å². The Hall–Kier alpha value is -1.31. The number of hydrogen-bond donors (Lipinski definition) is 3. The highest BCUT2D eigenvalue weighted by atomic mass is 16.4. The van der Waals surface area contributed by atoms with Crippen LogP contribution in [0.25, 0.3) is 0 Å². The second kappa shape index (κ2) is 10.7. The second-order valence-electron chi connectivity index (χ2n) is 11.3. The normalized spacial score (nSPS) is 35.2. The van der Waals surface area contributed by atoms with Gasteiger partial charge in [-0.1, -0.05) is 70.4 Å². The third-order valence-electron chi connectivity index (χ3n) is 8.59. The van der Waals surface area contributed by atoms with Crippen molar-refractivity contribution in [3.63, 3.8) is 0 Å². The summed E-state index contributed by atoms with van der Waals surface area (Å²) >= 11 is 0. The van der Waals surface area contributed by atoms with Crippen LogP contribution in [0.5, 0.6) is 0 Å². The van der Waals surface area contributed by atoms with Gasteiger partial charge in [-0.15, -0.1) is 0 Å². The Morgan fingerprint density at radius 1 is 1.16 bits per heavy atom. The Morgan fingerprint density at radius 2 is 1.84 bits per heavy atom. The Kier molecular flexibility index (Phi) is 8.50. The number of aliphatic carboxylic acids is 1. The van der Waals surface area contributed by atoms with E-state index >= 15 is 0 Å². The van der Waals surface area contributed by atoms with Crippen LogP contribution >= 0.6 is 0 Å². The fraction of sp³-hybridized carbons (Fsp3) is 0.821. The standard InChI is InChI=1S/C28H44O4/c1-18(2)17-22-23(11-8-12-26(31)32)28(19(3)4)16-15-25(30)21(27(22)28)13-14-24(29)20-9-6-5-7-10-20/h11,18-22,24-25,27,29-30H,5-10,12,15-17H2,1-4H3,(H,31,32)/t21-,22?,24?,25+,27-,28-/m0/s1. The van der Waals surface area contributed by atoms with E-state index in [9.17, 15) is 15.0 Å². The minimum Gasteiger partial charge on any atom is -0.481 e. The molecule has 0 aromatic heterocycles. The number of aliphatic hydroxyl groups is 2. The molecule has 3 rings (SSSR count). The lowest BCUT2D eigenvalue weighted by Crippen LogP contribution is -2.61. The molecular weight excluding hydrogens is 400 g/mol. The highest BCUT2D eigenvalue weighted by molar-refractivity contribution is 5.66. The molecule has 3 aliphatic rings. The van der Waals surface area contributed by atoms with Gasteiger partial charge in [0.05, 0.1) is 12.0 Å². The molecule has 3 fully saturated rings. The first kappa shape index (κ1) is 25.3. The van der Waals surface area contributed by atoms with E-state index in [2.05, 4.69) is 45.6 Å². The number of hydrogen-bond acceptors (Lipinski definition) is 3. The molecule has 32 heavy (non-hydrogen) atoms. The molecule has 0 amide bonds. The molecule has 4 heteroatoms. The minimum absolute atomic E-state index is 0.00751. The SMILES string of the molecule is CC(C)CC1C(=CCCC(=O)O)[C@@]2(C(C)C)CC[C@@H](O)[C@H](C#CC(O)C3CCCCC3)[C@@H]12. The zero-order valence-electron chi connectivity index (χ0n) is 20.5. The van der Waals surface area contributed by atoms with Gasteiger partial charge in [0.15, 0.2) is 0 Å². The maximum Gasteiger partial charge on any atom is 0.303 e. The van der Waals surface area contributed by atoms with Crippen molar-refractivity contribution in [2.45, 2.75) is 104 Å². The van der Waals surface area contributed by atoms with Gasteiger partial charge < -0.3 is 15.3 Å². The van der Waals surface area contributed by atoms with Gasteiger partial charge in [0, 0.05) is 6.42 Å². The van der Waals surface area contributed by atoms with E-state index < -0.39 is 18.2 Å². The number of aliphatic hydroxyl groups excluding tert-OH is 2. The van der Waals surface area contributed by atoms with Gasteiger partial charge in [0.1, 0.15) is 6.10 Å². The molecule has 6 atom stereocenters. The fourth-order valence-electron chi connectivity index (χ4n) is 7.10. The van der Waals surface area contributed by atoms with Crippen LogP contribution in [0.15, 0.2) is 11.6 Å². The van der Waals surface area contributed by atoms with Gasteiger partial charge in [0.2, 0.25) is 0 Å². The van der Waals surface area contributed by atoms with Crippen LogP contribution in [0.3, 0.4) is 0 Å². The molecule has 0 heterocycles. The third kappa shape index (κ3) is 5.10. The summed E-state index contributed by atoms with van der Waals surface area (Å²) in [5, 5.41) is 30.9. The maximum atomic E-state index is 11.1. The number of fused-ring (bicyclic) bond motifs is 1. The Balaban J connectivity index is 1.90. The summed E-state index contributed by atoms with van der Waals surface area (Å²) < 4.78 is 0. The molecule has 0 aliphatic heterocycles. The molecule has 2 unspecified atom stereocenters. The Morgan fingerprint density at radius 3 is 2.44 bits per heavy atom. The molecule has 0 aromatic rings. The highest BCUT2D eigenvalue weighted by Crippen LogP contribution is 2.68. The smallest absolute Gasteiger partial charge is 0.303 e. The minimum atomic E-state index is -0.753. The van der Waals surface area contributed by atoms with Gasteiger partial charge in [-0.05, 0) is 73.5 Å². The average Bonchev–Trinajstić information content (AvgIpc) is 2.74. The van der Waals surface area contributed by atoms with Gasteiger partial charge in [-0.2, -0.15) is 0 Å². The van der Waals surface area contributed by atoms with E-state index in [4.69, 9.17) is 5.11 Å². The van der Waals surface area contributed by atoms with Crippen LogP contribution in [0, 0.1) is 52.8 Å². The lowest BCUT2D eigenvalue weighted by molar-refractivity contribution is -0.136. The summed E-state index contributed by atoms with van der Waals surface area (Å²) in [6.07, 6.45) is 10.3. The molecule has 0 aromatic carbocycles. The molecule has 3 saturated carbocycles. The van der Waals surface area contributed by atoms with E-state index in [1.807, 2.05) is 0 Å². The van der Waals surface area contributed by atoms with E-state index in [1.165, 1.54) is 24.8 Å². The maximum absolute atomic E-state index is 11.1. The topological polar surface area (TPSA) is 77.8 Å². The number of allylic oxidation sites excluding steroid dienone is 2. The molecule has 3 N–H and O–H groups in total. The van der Waals surface area contributed by atoms with Gasteiger partial charge >= 0.3 is 5.97 Å². The first-order chi connectivity index (χ1) is 15.2. The van der Waals surface area contributed by atoms with E-state index in [-0.39, 0.29) is 29.6 Å². The third-order valence-corrected chi connectivity index (χ3v) is 8.59. The van der Waals surface area contributed by atoms with Gasteiger partial charge in [0.25, 0.3) is 0 Å². The summed E-state index contributed by atoms with van der Waals surface area (Å²) in [7, 11) is 0. The van der Waals surface area contributed by atoms with Gasteiger partial charge in [-0.25, -0.2) is 0 Å². The number of rotatable bonds is 7. The molecule has 4 nitrogen and oxygen atoms in total. The second-order valence-corrected chi connectivity index (χ2v) is 11.3. The predicted molar refractivity (Wildman–Crippen MR) is 128 cm³/mol. The largest absolute Gasteiger partial charge is 0.481 e. The number of carboxylic acid groups (broad SMARTS) is 1. The first-order valence-electron chi connectivity index (χ1n) is 13.0. The zero-order valence-corrected chi connectivity index (χ0v) is 20.5. The Bertz CT molecular complexity index is 736. The molecule has 0 saturated heterocycles.